The molecular formula is C15H29N3O. The first kappa shape index (κ1) is 14.8. The van der Waals surface area contributed by atoms with E-state index in [0.29, 0.717) is 11.9 Å². The number of hydrogen-bond acceptors (Lipinski definition) is 3. The fraction of sp³-hybridized carbons (Fsp3) is 0.933. The summed E-state index contributed by atoms with van der Waals surface area (Å²) in [6, 6.07) is 0.387. The molecule has 0 saturated carbocycles. The van der Waals surface area contributed by atoms with Crippen molar-refractivity contribution in [3.8, 4) is 0 Å². The van der Waals surface area contributed by atoms with Crippen LogP contribution in [0.2, 0.25) is 0 Å². The number of likely N-dealkylation sites (tertiary alicyclic amines) is 1. The highest BCUT2D eigenvalue weighted by molar-refractivity contribution is 5.86. The summed E-state index contributed by atoms with van der Waals surface area (Å²) in [6.45, 7) is 13.5. The normalized spacial score (nSPS) is 30.4. The number of nitrogens with zero attached hydrogens (tertiary/aromatic N) is 2. The van der Waals surface area contributed by atoms with E-state index in [-0.39, 0.29) is 5.54 Å². The molecule has 0 aliphatic carbocycles. The molecule has 2 unspecified atom stereocenters. The van der Waals surface area contributed by atoms with Crippen molar-refractivity contribution in [3.63, 3.8) is 0 Å². The molecule has 2 aliphatic rings. The fourth-order valence-corrected chi connectivity index (χ4v) is 3.42. The highest BCUT2D eigenvalue weighted by Gasteiger charge is 2.40. The molecule has 110 valence electrons. The van der Waals surface area contributed by atoms with E-state index >= 15 is 0 Å². The maximum atomic E-state index is 12.9. The van der Waals surface area contributed by atoms with Crippen LogP contribution in [0.3, 0.4) is 0 Å². The molecule has 4 heteroatoms. The standard InChI is InChI=1S/C15H29N3O/c1-12-5-8-18(13(2)11-12)14(19)15(3,4)17-9-6-16-7-10-17/h12-13,16H,5-11H2,1-4H3. The van der Waals surface area contributed by atoms with Crippen molar-refractivity contribution < 1.29 is 4.79 Å². The Morgan fingerprint density at radius 2 is 1.79 bits per heavy atom. The van der Waals surface area contributed by atoms with Gasteiger partial charge < -0.3 is 10.2 Å². The Hall–Kier alpha value is -0.610. The van der Waals surface area contributed by atoms with Gasteiger partial charge in [0.05, 0.1) is 5.54 Å². The van der Waals surface area contributed by atoms with Gasteiger partial charge in [0.25, 0.3) is 0 Å². The first-order valence-electron chi connectivity index (χ1n) is 7.69. The molecule has 4 nitrogen and oxygen atoms in total. The molecular weight excluding hydrogens is 238 g/mol. The number of carbonyl (C=O) groups excluding carboxylic acids is 1. The summed E-state index contributed by atoms with van der Waals surface area (Å²) in [5.41, 5.74) is -0.364. The summed E-state index contributed by atoms with van der Waals surface area (Å²) >= 11 is 0. The lowest BCUT2D eigenvalue weighted by Crippen LogP contribution is -2.62. The molecule has 19 heavy (non-hydrogen) atoms. The maximum Gasteiger partial charge on any atom is 0.242 e. The van der Waals surface area contributed by atoms with Crippen molar-refractivity contribution >= 4 is 5.91 Å². The molecule has 0 aromatic rings. The van der Waals surface area contributed by atoms with Crippen LogP contribution in [-0.4, -0.2) is 60.0 Å². The number of piperazine rings is 1. The van der Waals surface area contributed by atoms with E-state index in [1.54, 1.807) is 0 Å². The lowest BCUT2D eigenvalue weighted by molar-refractivity contribution is -0.147. The monoisotopic (exact) mass is 267 g/mol. The third-order valence-corrected chi connectivity index (χ3v) is 4.83. The highest BCUT2D eigenvalue weighted by atomic mass is 16.2. The molecule has 2 atom stereocenters. The second-order valence-electron chi connectivity index (χ2n) is 6.77. The van der Waals surface area contributed by atoms with Crippen LogP contribution < -0.4 is 5.32 Å². The minimum atomic E-state index is -0.364. The SMILES string of the molecule is CC1CCN(C(=O)C(C)(C)N2CCNCC2)C(C)C1. The molecule has 1 N–H and O–H groups in total. The van der Waals surface area contributed by atoms with Gasteiger partial charge in [-0.15, -0.1) is 0 Å². The van der Waals surface area contributed by atoms with E-state index in [0.717, 1.165) is 51.5 Å². The van der Waals surface area contributed by atoms with Crippen LogP contribution in [0.5, 0.6) is 0 Å². The average Bonchev–Trinajstić information content (AvgIpc) is 2.39. The smallest absolute Gasteiger partial charge is 0.242 e. The van der Waals surface area contributed by atoms with Gasteiger partial charge in [0.1, 0.15) is 0 Å². The van der Waals surface area contributed by atoms with Gasteiger partial charge >= 0.3 is 0 Å². The number of carbonyl (C=O) groups is 1. The molecule has 1 amide bonds. The van der Waals surface area contributed by atoms with Crippen LogP contribution >= 0.6 is 0 Å². The Labute approximate surface area is 117 Å². The van der Waals surface area contributed by atoms with Gasteiger partial charge in [-0.05, 0) is 39.5 Å². The van der Waals surface area contributed by atoms with E-state index in [1.807, 2.05) is 0 Å². The highest BCUT2D eigenvalue weighted by Crippen LogP contribution is 2.27. The van der Waals surface area contributed by atoms with Crippen LogP contribution in [0.1, 0.15) is 40.5 Å². The molecule has 0 spiro atoms. The lowest BCUT2D eigenvalue weighted by atomic mass is 9.90. The van der Waals surface area contributed by atoms with Crippen LogP contribution in [0, 0.1) is 5.92 Å². The quantitative estimate of drug-likeness (QED) is 0.819. The molecule has 0 aromatic carbocycles. The predicted molar refractivity (Wildman–Crippen MR) is 78.1 cm³/mol. The van der Waals surface area contributed by atoms with Crippen LogP contribution in [0.25, 0.3) is 0 Å². The van der Waals surface area contributed by atoms with E-state index in [1.165, 1.54) is 0 Å². The van der Waals surface area contributed by atoms with Crippen molar-refractivity contribution in [2.45, 2.75) is 52.1 Å². The topological polar surface area (TPSA) is 35.6 Å². The molecule has 2 heterocycles. The lowest BCUT2D eigenvalue weighted by Gasteiger charge is -2.46. The van der Waals surface area contributed by atoms with E-state index in [9.17, 15) is 4.79 Å². The predicted octanol–water partition coefficient (Wildman–Crippen LogP) is 1.32. The average molecular weight is 267 g/mol. The van der Waals surface area contributed by atoms with Crippen molar-refractivity contribution in [2.24, 2.45) is 5.92 Å². The molecule has 2 saturated heterocycles. The van der Waals surface area contributed by atoms with Crippen LogP contribution in [0.15, 0.2) is 0 Å². The summed E-state index contributed by atoms with van der Waals surface area (Å²) < 4.78 is 0. The van der Waals surface area contributed by atoms with Crippen molar-refractivity contribution in [1.29, 1.82) is 0 Å². The maximum absolute atomic E-state index is 12.9. The third-order valence-electron chi connectivity index (χ3n) is 4.83. The summed E-state index contributed by atoms with van der Waals surface area (Å²) in [7, 11) is 0. The third kappa shape index (κ3) is 3.11. The Morgan fingerprint density at radius 1 is 1.16 bits per heavy atom. The molecule has 2 aliphatic heterocycles. The fourth-order valence-electron chi connectivity index (χ4n) is 3.42. The summed E-state index contributed by atoms with van der Waals surface area (Å²) in [6.07, 6.45) is 2.29. The largest absolute Gasteiger partial charge is 0.338 e. The van der Waals surface area contributed by atoms with Gasteiger partial charge in [-0.25, -0.2) is 0 Å². The second kappa shape index (κ2) is 5.80. The first-order chi connectivity index (χ1) is 8.93. The Balaban J connectivity index is 2.04. The zero-order valence-electron chi connectivity index (χ0n) is 12.9. The zero-order valence-corrected chi connectivity index (χ0v) is 12.9. The summed E-state index contributed by atoms with van der Waals surface area (Å²) in [5.74, 6) is 1.06. The Kier molecular flexibility index (Phi) is 4.51. The molecule has 0 bridgehead atoms. The second-order valence-corrected chi connectivity index (χ2v) is 6.77. The van der Waals surface area contributed by atoms with Gasteiger partial charge in [0.2, 0.25) is 5.91 Å². The van der Waals surface area contributed by atoms with E-state index < -0.39 is 0 Å². The number of piperidine rings is 1. The van der Waals surface area contributed by atoms with Gasteiger partial charge in [-0.1, -0.05) is 6.92 Å². The molecule has 0 radical (unpaired) electrons. The Morgan fingerprint density at radius 3 is 2.37 bits per heavy atom. The van der Waals surface area contributed by atoms with E-state index in [4.69, 9.17) is 0 Å². The van der Waals surface area contributed by atoms with E-state index in [2.05, 4.69) is 42.8 Å². The van der Waals surface area contributed by atoms with Gasteiger partial charge in [-0.2, -0.15) is 0 Å². The first-order valence-corrected chi connectivity index (χ1v) is 7.69. The van der Waals surface area contributed by atoms with Gasteiger partial charge in [-0.3, -0.25) is 9.69 Å². The summed E-state index contributed by atoms with van der Waals surface area (Å²) in [5, 5.41) is 3.35. The minimum Gasteiger partial charge on any atom is -0.338 e. The minimum absolute atomic E-state index is 0.314. The molecule has 2 rings (SSSR count). The van der Waals surface area contributed by atoms with Crippen molar-refractivity contribution in [3.05, 3.63) is 0 Å². The van der Waals surface area contributed by atoms with Gasteiger partial charge in [0.15, 0.2) is 0 Å². The van der Waals surface area contributed by atoms with Crippen molar-refractivity contribution in [1.82, 2.24) is 15.1 Å². The number of amides is 1. The molecule has 0 aromatic heterocycles. The van der Waals surface area contributed by atoms with Crippen LogP contribution in [0.4, 0.5) is 0 Å². The molecule has 2 fully saturated rings. The number of hydrogen-bond donors (Lipinski definition) is 1. The zero-order chi connectivity index (χ0) is 14.0. The number of nitrogens with one attached hydrogen (secondary N) is 1. The van der Waals surface area contributed by atoms with Crippen LogP contribution in [-0.2, 0) is 4.79 Å². The Bertz CT molecular complexity index is 323. The van der Waals surface area contributed by atoms with Gasteiger partial charge in [0, 0.05) is 38.8 Å². The number of rotatable bonds is 2. The summed E-state index contributed by atoms with van der Waals surface area (Å²) in [4.78, 5) is 17.3. The van der Waals surface area contributed by atoms with Crippen molar-refractivity contribution in [2.75, 3.05) is 32.7 Å².